The van der Waals surface area contributed by atoms with Crippen LogP contribution in [0.25, 0.3) is 0 Å². The number of hydrogen-bond donors (Lipinski definition) is 1. The summed E-state index contributed by atoms with van der Waals surface area (Å²) >= 11 is 6.16. The van der Waals surface area contributed by atoms with Crippen LogP contribution in [0.5, 0.6) is 0 Å². The normalized spacial score (nSPS) is 20.7. The van der Waals surface area contributed by atoms with Crippen LogP contribution in [0.15, 0.2) is 58.4 Å². The Labute approximate surface area is 233 Å². The van der Waals surface area contributed by atoms with E-state index in [2.05, 4.69) is 25.5 Å². The first kappa shape index (κ1) is 30.3. The van der Waals surface area contributed by atoms with Crippen molar-refractivity contribution in [3.8, 4) is 0 Å². The summed E-state index contributed by atoms with van der Waals surface area (Å²) in [5.74, 6) is -0.446. The summed E-state index contributed by atoms with van der Waals surface area (Å²) in [7, 11) is -6.56. The molecular weight excluding hydrogens is 540 g/mol. The maximum absolute atomic E-state index is 14.1. The number of rotatable bonds is 6. The van der Waals surface area contributed by atoms with Crippen molar-refractivity contribution in [2.75, 3.05) is 0 Å². The van der Waals surface area contributed by atoms with Crippen molar-refractivity contribution in [3.05, 3.63) is 64.7 Å². The minimum absolute atomic E-state index is 0.0905. The Kier molecular flexibility index (Phi) is 8.31. The van der Waals surface area contributed by atoms with Crippen LogP contribution in [-0.4, -0.2) is 39.7 Å². The highest BCUT2D eigenvalue weighted by Crippen LogP contribution is 2.48. The molecule has 0 saturated carbocycles. The highest BCUT2D eigenvalue weighted by atomic mass is 35.5. The van der Waals surface area contributed by atoms with Crippen LogP contribution >= 0.6 is 11.6 Å². The van der Waals surface area contributed by atoms with E-state index in [4.69, 9.17) is 25.8 Å². The van der Waals surface area contributed by atoms with Crippen LogP contribution in [0.3, 0.4) is 0 Å². The molecule has 0 bridgehead atoms. The van der Waals surface area contributed by atoms with Gasteiger partial charge in [0.15, 0.2) is 13.9 Å². The quantitative estimate of drug-likeness (QED) is 0.309. The number of hydrogen-bond acceptors (Lipinski definition) is 6. The van der Waals surface area contributed by atoms with Crippen LogP contribution in [-0.2, 0) is 24.0 Å². The fourth-order valence-electron chi connectivity index (χ4n) is 3.92. The van der Waals surface area contributed by atoms with E-state index in [1.807, 2.05) is 20.0 Å². The average molecular weight is 579 g/mol. The number of esters is 1. The van der Waals surface area contributed by atoms with Crippen LogP contribution in [0, 0.1) is 6.92 Å². The first-order valence-electron chi connectivity index (χ1n) is 12.6. The Hall–Kier alpha value is -2.20. The molecule has 0 saturated heterocycles. The van der Waals surface area contributed by atoms with E-state index in [1.165, 1.54) is 12.1 Å². The van der Waals surface area contributed by atoms with Crippen molar-refractivity contribution < 1.29 is 22.4 Å². The number of aryl methyl sites for hydroxylation is 1. The lowest BCUT2D eigenvalue weighted by molar-refractivity contribution is -0.176. The van der Waals surface area contributed by atoms with E-state index in [1.54, 1.807) is 57.2 Å². The second kappa shape index (κ2) is 10.4. The van der Waals surface area contributed by atoms with Crippen molar-refractivity contribution in [2.24, 2.45) is 4.99 Å². The molecule has 1 aliphatic rings. The zero-order valence-corrected chi connectivity index (χ0v) is 26.3. The van der Waals surface area contributed by atoms with Gasteiger partial charge in [0.05, 0.1) is 4.90 Å². The smallest absolute Gasteiger partial charge is 0.340 e. The van der Waals surface area contributed by atoms with E-state index < -0.39 is 41.6 Å². The van der Waals surface area contributed by atoms with Crippen molar-refractivity contribution in [1.82, 2.24) is 4.72 Å². The number of amidine groups is 1. The molecule has 208 valence electrons. The van der Waals surface area contributed by atoms with Crippen LogP contribution < -0.4 is 4.72 Å². The summed E-state index contributed by atoms with van der Waals surface area (Å²) in [6.45, 7) is 17.6. The molecule has 0 amide bonds. The number of ether oxygens (including phenoxy) is 1. The molecule has 1 heterocycles. The minimum Gasteiger partial charge on any atom is -0.458 e. The fraction of sp³-hybridized carbons (Fsp3) is 0.500. The number of carbonyl (C=O) groups excluding carboxylic acids is 1. The van der Waals surface area contributed by atoms with Crippen molar-refractivity contribution in [1.29, 1.82) is 0 Å². The Morgan fingerprint density at radius 3 is 2.08 bits per heavy atom. The minimum atomic E-state index is -3.95. The van der Waals surface area contributed by atoms with E-state index >= 15 is 0 Å². The second-order valence-electron chi connectivity index (χ2n) is 12.4. The van der Waals surface area contributed by atoms with Gasteiger partial charge in [-0.25, -0.2) is 13.2 Å². The molecule has 0 aromatic heterocycles. The van der Waals surface area contributed by atoms with E-state index in [0.717, 1.165) is 5.56 Å². The van der Waals surface area contributed by atoms with Crippen molar-refractivity contribution in [3.63, 3.8) is 0 Å². The van der Waals surface area contributed by atoms with Gasteiger partial charge < -0.3 is 9.16 Å². The number of carbonyl (C=O) groups is 1. The lowest BCUT2D eigenvalue weighted by Crippen LogP contribution is -2.57. The van der Waals surface area contributed by atoms with Gasteiger partial charge >= 0.3 is 5.97 Å². The van der Waals surface area contributed by atoms with Crippen molar-refractivity contribution >= 4 is 41.7 Å². The van der Waals surface area contributed by atoms with Gasteiger partial charge in [-0.3, -0.25) is 9.71 Å². The predicted molar refractivity (Wildman–Crippen MR) is 155 cm³/mol. The number of aliphatic imine (C=N–C) groups is 1. The topological polar surface area (TPSA) is 94.1 Å². The Morgan fingerprint density at radius 2 is 1.58 bits per heavy atom. The molecule has 3 rings (SSSR count). The molecule has 0 aliphatic carbocycles. The maximum Gasteiger partial charge on any atom is 0.340 e. The maximum atomic E-state index is 14.1. The summed E-state index contributed by atoms with van der Waals surface area (Å²) in [6, 6.07) is 12.7. The van der Waals surface area contributed by atoms with Gasteiger partial charge in [-0.1, -0.05) is 62.2 Å². The van der Waals surface area contributed by atoms with Gasteiger partial charge in [0.2, 0.25) is 0 Å². The molecule has 0 fully saturated rings. The molecule has 0 unspecified atom stereocenters. The number of nitrogens with one attached hydrogen (secondary N) is 1. The molecule has 7 nitrogen and oxygen atoms in total. The predicted octanol–water partition coefficient (Wildman–Crippen LogP) is 6.57. The lowest BCUT2D eigenvalue weighted by atomic mass is 9.88. The standard InChI is InChI=1S/C28H39ClN2O5SSi/c1-19-10-16-22(17-11-19)37(33,34)31-23-18-28(25(32)35-26(2,3)4,36-38(8,9)27(5,6)7)24(30-23)20-12-14-21(29)15-13-20/h10-17,24H,18H2,1-9H3,(H,30,31)/t24-,28-/m1/s1. The zero-order valence-electron chi connectivity index (χ0n) is 23.7. The zero-order chi connectivity index (χ0) is 28.7. The SMILES string of the molecule is Cc1ccc(S(=O)(=O)NC2=N[C@H](c3ccc(Cl)cc3)[C@@](O[Si](C)(C)C(C)(C)C)(C(=O)OC(C)(C)C)C2)cc1. The molecular formula is C28H39ClN2O5SSi. The third-order valence-electron chi connectivity index (χ3n) is 6.91. The first-order chi connectivity index (χ1) is 17.3. The van der Waals surface area contributed by atoms with Crippen LogP contribution in [0.1, 0.15) is 65.1 Å². The molecule has 2 aromatic carbocycles. The first-order valence-corrected chi connectivity index (χ1v) is 17.4. The second-order valence-corrected chi connectivity index (χ2v) is 19.2. The van der Waals surface area contributed by atoms with E-state index in [-0.39, 0.29) is 22.2 Å². The monoisotopic (exact) mass is 578 g/mol. The number of halogens is 1. The van der Waals surface area contributed by atoms with Gasteiger partial charge in [-0.2, -0.15) is 0 Å². The van der Waals surface area contributed by atoms with Gasteiger partial charge in [-0.05, 0) is 75.7 Å². The molecule has 2 atom stereocenters. The number of nitrogens with zero attached hydrogens (tertiary/aromatic N) is 1. The molecule has 1 aliphatic heterocycles. The van der Waals surface area contributed by atoms with E-state index in [0.29, 0.717) is 10.6 Å². The van der Waals surface area contributed by atoms with Gasteiger partial charge in [-0.15, -0.1) is 0 Å². The van der Waals surface area contributed by atoms with Crippen LogP contribution in [0.2, 0.25) is 23.2 Å². The molecule has 2 aromatic rings. The summed E-state index contributed by atoms with van der Waals surface area (Å²) in [5, 5.41) is 0.292. The molecule has 0 spiro atoms. The Balaban J connectivity index is 2.16. The number of benzene rings is 2. The highest BCUT2D eigenvalue weighted by Gasteiger charge is 2.59. The summed E-state index contributed by atoms with van der Waals surface area (Å²) in [4.78, 5) is 18.9. The Bertz CT molecular complexity index is 1310. The molecule has 0 radical (unpaired) electrons. The van der Waals surface area contributed by atoms with Crippen molar-refractivity contribution in [2.45, 2.75) is 95.2 Å². The molecule has 38 heavy (non-hydrogen) atoms. The van der Waals surface area contributed by atoms with Crippen LogP contribution in [0.4, 0.5) is 0 Å². The Morgan fingerprint density at radius 1 is 1.03 bits per heavy atom. The van der Waals surface area contributed by atoms with Gasteiger partial charge in [0, 0.05) is 11.4 Å². The summed E-state index contributed by atoms with van der Waals surface area (Å²) in [6.07, 6.45) is -0.0905. The average Bonchev–Trinajstić information content (AvgIpc) is 3.10. The van der Waals surface area contributed by atoms with Gasteiger partial charge in [0.1, 0.15) is 17.5 Å². The molecule has 1 N–H and O–H groups in total. The fourth-order valence-corrected chi connectivity index (χ4v) is 6.58. The lowest BCUT2D eigenvalue weighted by Gasteiger charge is -2.45. The summed E-state index contributed by atoms with van der Waals surface area (Å²) < 4.78 is 42.0. The molecule has 10 heteroatoms. The highest BCUT2D eigenvalue weighted by molar-refractivity contribution is 7.90. The largest absolute Gasteiger partial charge is 0.458 e. The van der Waals surface area contributed by atoms with E-state index in [9.17, 15) is 13.2 Å². The van der Waals surface area contributed by atoms with Gasteiger partial charge in [0.25, 0.3) is 10.0 Å². The third-order valence-corrected chi connectivity index (χ3v) is 13.0. The summed E-state index contributed by atoms with van der Waals surface area (Å²) in [5.41, 5.74) is -0.759. The third kappa shape index (κ3) is 6.68. The number of sulfonamides is 1.